The molecule has 1 N–H and O–H groups in total. The van der Waals surface area contributed by atoms with Gasteiger partial charge in [0.1, 0.15) is 5.69 Å². The van der Waals surface area contributed by atoms with Gasteiger partial charge >= 0.3 is 0 Å². The van der Waals surface area contributed by atoms with Gasteiger partial charge in [0.2, 0.25) is 0 Å². The van der Waals surface area contributed by atoms with Crippen LogP contribution in [-0.4, -0.2) is 41.5 Å². The van der Waals surface area contributed by atoms with Crippen LogP contribution in [0.1, 0.15) is 56.4 Å². The van der Waals surface area contributed by atoms with Gasteiger partial charge in [0, 0.05) is 31.9 Å². The van der Waals surface area contributed by atoms with Gasteiger partial charge in [-0.15, -0.1) is 0 Å². The van der Waals surface area contributed by atoms with Crippen molar-refractivity contribution in [2.75, 3.05) is 19.6 Å². The largest absolute Gasteiger partial charge is 0.350 e. The number of carbonyl (C=O) groups excluding carboxylic acids is 1. The Kier molecular flexibility index (Phi) is 5.00. The summed E-state index contributed by atoms with van der Waals surface area (Å²) in [4.78, 5) is 19.0. The summed E-state index contributed by atoms with van der Waals surface area (Å²) in [5.41, 5.74) is 0.934. The Labute approximate surface area is 139 Å². The molecule has 1 aliphatic heterocycles. The number of pyridine rings is 1. The van der Waals surface area contributed by atoms with E-state index in [1.165, 1.54) is 38.6 Å². The first-order valence-corrected chi connectivity index (χ1v) is 9.04. The quantitative estimate of drug-likeness (QED) is 0.928. The fraction of sp³-hybridized carbons (Fsp3) is 0.684. The molecule has 1 aromatic rings. The van der Waals surface area contributed by atoms with Crippen LogP contribution in [-0.2, 0) is 0 Å². The van der Waals surface area contributed by atoms with Crippen LogP contribution < -0.4 is 5.32 Å². The van der Waals surface area contributed by atoms with E-state index in [0.717, 1.165) is 13.1 Å². The minimum atomic E-state index is -0.0421. The summed E-state index contributed by atoms with van der Waals surface area (Å²) in [6.45, 7) is 7.66. The van der Waals surface area contributed by atoms with Gasteiger partial charge in [-0.05, 0) is 50.2 Å². The highest BCUT2D eigenvalue weighted by Crippen LogP contribution is 2.47. The molecule has 2 fully saturated rings. The summed E-state index contributed by atoms with van der Waals surface area (Å²) in [6, 6.07) is 6.07. The molecular formula is C19H29N3O. The van der Waals surface area contributed by atoms with Gasteiger partial charge in [-0.1, -0.05) is 25.3 Å². The van der Waals surface area contributed by atoms with Crippen LogP contribution in [0.25, 0.3) is 0 Å². The Morgan fingerprint density at radius 1 is 1.35 bits per heavy atom. The molecule has 4 heteroatoms. The molecule has 23 heavy (non-hydrogen) atoms. The molecule has 1 aliphatic carbocycles. The maximum atomic E-state index is 12.3. The Bertz CT molecular complexity index is 523. The van der Waals surface area contributed by atoms with Gasteiger partial charge in [0.15, 0.2) is 0 Å². The van der Waals surface area contributed by atoms with E-state index in [1.807, 2.05) is 12.1 Å². The van der Waals surface area contributed by atoms with Gasteiger partial charge in [0.25, 0.3) is 5.91 Å². The van der Waals surface area contributed by atoms with E-state index < -0.39 is 0 Å². The van der Waals surface area contributed by atoms with Crippen LogP contribution in [0.5, 0.6) is 0 Å². The molecule has 1 aromatic heterocycles. The van der Waals surface area contributed by atoms with Crippen LogP contribution in [0.15, 0.2) is 24.4 Å². The fourth-order valence-corrected chi connectivity index (χ4v) is 4.38. The van der Waals surface area contributed by atoms with E-state index in [-0.39, 0.29) is 5.91 Å². The molecule has 2 aliphatic rings. The molecule has 126 valence electrons. The standard InChI is InChI=1S/C19H29N3O/c1-15(2)22-13-16(19(14-22)9-5-3-6-10-19)12-21-18(23)17-8-4-7-11-20-17/h4,7-8,11,15-16H,3,5-6,9-10,12-14H2,1-2H3,(H,21,23)/t16-/m0/s1. The summed E-state index contributed by atoms with van der Waals surface area (Å²) >= 11 is 0. The van der Waals surface area contributed by atoms with E-state index in [2.05, 4.69) is 29.0 Å². The van der Waals surface area contributed by atoms with Gasteiger partial charge in [0.05, 0.1) is 0 Å². The zero-order chi connectivity index (χ0) is 16.3. The Hall–Kier alpha value is -1.42. The van der Waals surface area contributed by atoms with Crippen molar-refractivity contribution in [1.82, 2.24) is 15.2 Å². The van der Waals surface area contributed by atoms with Crippen molar-refractivity contribution < 1.29 is 4.79 Å². The molecule has 4 nitrogen and oxygen atoms in total. The number of nitrogens with zero attached hydrogens (tertiary/aromatic N) is 2. The number of hydrogen-bond donors (Lipinski definition) is 1. The number of carbonyl (C=O) groups is 1. The monoisotopic (exact) mass is 315 g/mol. The highest BCUT2D eigenvalue weighted by atomic mass is 16.1. The summed E-state index contributed by atoms with van der Waals surface area (Å²) in [7, 11) is 0. The zero-order valence-electron chi connectivity index (χ0n) is 14.4. The van der Waals surface area contributed by atoms with Crippen molar-refractivity contribution >= 4 is 5.91 Å². The molecule has 1 atom stereocenters. The topological polar surface area (TPSA) is 45.2 Å². The van der Waals surface area contributed by atoms with Crippen molar-refractivity contribution in [2.24, 2.45) is 11.3 Å². The van der Waals surface area contributed by atoms with Crippen LogP contribution >= 0.6 is 0 Å². The molecule has 0 unspecified atom stereocenters. The molecule has 1 spiro atoms. The molecule has 0 aromatic carbocycles. The van der Waals surface area contributed by atoms with Gasteiger partial charge in [-0.3, -0.25) is 9.78 Å². The third kappa shape index (κ3) is 3.57. The van der Waals surface area contributed by atoms with Crippen molar-refractivity contribution in [1.29, 1.82) is 0 Å². The first kappa shape index (κ1) is 16.4. The number of rotatable bonds is 4. The van der Waals surface area contributed by atoms with Crippen LogP contribution in [0.4, 0.5) is 0 Å². The first-order chi connectivity index (χ1) is 11.1. The molecule has 1 saturated heterocycles. The molecule has 3 rings (SSSR count). The molecule has 1 saturated carbocycles. The zero-order valence-corrected chi connectivity index (χ0v) is 14.4. The second-order valence-electron chi connectivity index (χ2n) is 7.57. The van der Waals surface area contributed by atoms with Crippen molar-refractivity contribution in [3.05, 3.63) is 30.1 Å². The van der Waals surface area contributed by atoms with Crippen molar-refractivity contribution in [3.8, 4) is 0 Å². The highest BCUT2D eigenvalue weighted by Gasteiger charge is 2.47. The summed E-state index contributed by atoms with van der Waals surface area (Å²) in [5.74, 6) is 0.525. The summed E-state index contributed by atoms with van der Waals surface area (Å²) < 4.78 is 0. The fourth-order valence-electron chi connectivity index (χ4n) is 4.38. The maximum Gasteiger partial charge on any atom is 0.269 e. The third-order valence-electron chi connectivity index (χ3n) is 5.83. The lowest BCUT2D eigenvalue weighted by Crippen LogP contribution is -2.40. The highest BCUT2D eigenvalue weighted by molar-refractivity contribution is 5.92. The van der Waals surface area contributed by atoms with E-state index in [0.29, 0.717) is 23.1 Å². The second kappa shape index (κ2) is 7.00. The molecule has 2 heterocycles. The Morgan fingerprint density at radius 2 is 2.13 bits per heavy atom. The lowest BCUT2D eigenvalue weighted by atomic mass is 9.67. The third-order valence-corrected chi connectivity index (χ3v) is 5.83. The summed E-state index contributed by atoms with van der Waals surface area (Å²) in [5, 5.41) is 3.14. The van der Waals surface area contributed by atoms with E-state index >= 15 is 0 Å². The minimum Gasteiger partial charge on any atom is -0.350 e. The van der Waals surface area contributed by atoms with Gasteiger partial charge < -0.3 is 10.2 Å². The Morgan fingerprint density at radius 3 is 2.78 bits per heavy atom. The average molecular weight is 315 g/mol. The summed E-state index contributed by atoms with van der Waals surface area (Å²) in [6.07, 6.45) is 8.37. The number of nitrogens with one attached hydrogen (secondary N) is 1. The van der Waals surface area contributed by atoms with Crippen LogP contribution in [0, 0.1) is 11.3 Å². The molecule has 0 bridgehead atoms. The normalized spacial score (nSPS) is 24.2. The van der Waals surface area contributed by atoms with Gasteiger partial charge in [-0.25, -0.2) is 0 Å². The maximum absolute atomic E-state index is 12.3. The van der Waals surface area contributed by atoms with E-state index in [9.17, 15) is 4.79 Å². The molecule has 0 radical (unpaired) electrons. The van der Waals surface area contributed by atoms with E-state index in [1.54, 1.807) is 12.3 Å². The smallest absolute Gasteiger partial charge is 0.269 e. The lowest BCUT2D eigenvalue weighted by molar-refractivity contribution is 0.0910. The van der Waals surface area contributed by atoms with E-state index in [4.69, 9.17) is 0 Å². The average Bonchev–Trinajstić information content (AvgIpc) is 2.92. The predicted molar refractivity (Wildman–Crippen MR) is 92.3 cm³/mol. The first-order valence-electron chi connectivity index (χ1n) is 9.04. The van der Waals surface area contributed by atoms with Crippen molar-refractivity contribution in [3.63, 3.8) is 0 Å². The van der Waals surface area contributed by atoms with Crippen LogP contribution in [0.3, 0.4) is 0 Å². The molecule has 1 amide bonds. The van der Waals surface area contributed by atoms with Gasteiger partial charge in [-0.2, -0.15) is 0 Å². The Balaban J connectivity index is 1.66. The van der Waals surface area contributed by atoms with Crippen LogP contribution in [0.2, 0.25) is 0 Å². The van der Waals surface area contributed by atoms with Crippen molar-refractivity contribution in [2.45, 2.75) is 52.0 Å². The molecular weight excluding hydrogens is 286 g/mol. The SMILES string of the molecule is CC(C)N1C[C@H](CNC(=O)c2ccccn2)C2(CCCCC2)C1. The number of aromatic nitrogens is 1. The minimum absolute atomic E-state index is 0.0421. The predicted octanol–water partition coefficient (Wildman–Crippen LogP) is 3.10. The second-order valence-corrected chi connectivity index (χ2v) is 7.57. The number of amides is 1. The number of likely N-dealkylation sites (tertiary alicyclic amines) is 1. The lowest BCUT2D eigenvalue weighted by Gasteiger charge is -2.38. The number of hydrogen-bond acceptors (Lipinski definition) is 3.